The van der Waals surface area contributed by atoms with Crippen molar-refractivity contribution in [2.75, 3.05) is 29.9 Å². The molecule has 0 radical (unpaired) electrons. The Morgan fingerprint density at radius 2 is 2.04 bits per heavy atom. The second-order valence-electron chi connectivity index (χ2n) is 6.80. The Labute approximate surface area is 149 Å². The number of pyridine rings is 1. The van der Waals surface area contributed by atoms with Crippen molar-refractivity contribution >= 4 is 17.4 Å². The molecule has 1 amide bonds. The highest BCUT2D eigenvalue weighted by molar-refractivity contribution is 6.04. The summed E-state index contributed by atoms with van der Waals surface area (Å²) >= 11 is 0. The zero-order valence-corrected chi connectivity index (χ0v) is 15.1. The standard InChI is InChI=1S/C20H25N3O2/c1-4-20(3)14-23(11-12-25-20)18-10-7-16(13-21-18)19(24)22-17-8-5-15(2)6-9-17/h5-10,13H,4,11-12,14H2,1-3H3,(H,22,24). The summed E-state index contributed by atoms with van der Waals surface area (Å²) in [5.74, 6) is 0.734. The summed E-state index contributed by atoms with van der Waals surface area (Å²) in [5, 5.41) is 2.89. The molecule has 5 nitrogen and oxygen atoms in total. The Morgan fingerprint density at radius 1 is 1.28 bits per heavy atom. The molecule has 1 aromatic heterocycles. The van der Waals surface area contributed by atoms with Gasteiger partial charge in [-0.15, -0.1) is 0 Å². The van der Waals surface area contributed by atoms with Crippen LogP contribution in [-0.2, 0) is 4.74 Å². The number of aromatic nitrogens is 1. The van der Waals surface area contributed by atoms with E-state index in [9.17, 15) is 4.79 Å². The lowest BCUT2D eigenvalue weighted by atomic mass is 10.0. The first kappa shape index (κ1) is 17.4. The molecule has 1 aliphatic heterocycles. The average molecular weight is 339 g/mol. The minimum absolute atomic E-state index is 0.137. The normalized spacial score (nSPS) is 20.4. The quantitative estimate of drug-likeness (QED) is 0.924. The zero-order valence-electron chi connectivity index (χ0n) is 15.1. The van der Waals surface area contributed by atoms with Crippen molar-refractivity contribution in [2.24, 2.45) is 0 Å². The van der Waals surface area contributed by atoms with Crippen molar-refractivity contribution < 1.29 is 9.53 Å². The van der Waals surface area contributed by atoms with Gasteiger partial charge in [-0.05, 0) is 44.5 Å². The lowest BCUT2D eigenvalue weighted by Gasteiger charge is -2.40. The van der Waals surface area contributed by atoms with Crippen LogP contribution in [0.15, 0.2) is 42.6 Å². The summed E-state index contributed by atoms with van der Waals surface area (Å²) in [6, 6.07) is 11.5. The average Bonchev–Trinajstić information content (AvgIpc) is 2.64. The fraction of sp³-hybridized carbons (Fsp3) is 0.400. The molecule has 3 rings (SSSR count). The van der Waals surface area contributed by atoms with Crippen molar-refractivity contribution in [3.05, 3.63) is 53.7 Å². The van der Waals surface area contributed by atoms with E-state index < -0.39 is 0 Å². The van der Waals surface area contributed by atoms with Crippen LogP contribution in [0.4, 0.5) is 11.5 Å². The fourth-order valence-corrected chi connectivity index (χ4v) is 2.89. The van der Waals surface area contributed by atoms with E-state index in [1.165, 1.54) is 0 Å². The largest absolute Gasteiger partial charge is 0.372 e. The molecule has 25 heavy (non-hydrogen) atoms. The van der Waals surface area contributed by atoms with E-state index >= 15 is 0 Å². The van der Waals surface area contributed by atoms with Gasteiger partial charge in [-0.25, -0.2) is 4.98 Å². The third kappa shape index (κ3) is 4.17. The maximum Gasteiger partial charge on any atom is 0.257 e. The van der Waals surface area contributed by atoms with Gasteiger partial charge in [0.05, 0.1) is 17.8 Å². The third-order valence-corrected chi connectivity index (χ3v) is 4.73. The lowest BCUT2D eigenvalue weighted by Crippen LogP contribution is -2.50. The van der Waals surface area contributed by atoms with Crippen LogP contribution in [-0.4, -0.2) is 36.2 Å². The molecule has 2 aromatic rings. The molecule has 5 heteroatoms. The number of benzene rings is 1. The van der Waals surface area contributed by atoms with Crippen LogP contribution in [0.3, 0.4) is 0 Å². The molecule has 0 aliphatic carbocycles. The van der Waals surface area contributed by atoms with E-state index in [-0.39, 0.29) is 11.5 Å². The van der Waals surface area contributed by atoms with Gasteiger partial charge in [0.25, 0.3) is 5.91 Å². The van der Waals surface area contributed by atoms with Gasteiger partial charge in [0, 0.05) is 25.0 Å². The summed E-state index contributed by atoms with van der Waals surface area (Å²) in [6.07, 6.45) is 2.60. The van der Waals surface area contributed by atoms with Crippen LogP contribution in [0.5, 0.6) is 0 Å². The van der Waals surface area contributed by atoms with E-state index in [0.717, 1.165) is 36.6 Å². The van der Waals surface area contributed by atoms with Crippen LogP contribution in [0.2, 0.25) is 0 Å². The minimum atomic E-state index is -0.150. The van der Waals surface area contributed by atoms with Crippen molar-refractivity contribution in [2.45, 2.75) is 32.8 Å². The van der Waals surface area contributed by atoms with Gasteiger partial charge in [0.15, 0.2) is 0 Å². The second-order valence-corrected chi connectivity index (χ2v) is 6.80. The maximum absolute atomic E-state index is 12.4. The first-order chi connectivity index (χ1) is 12.0. The Bertz CT molecular complexity index is 728. The summed E-state index contributed by atoms with van der Waals surface area (Å²) in [6.45, 7) is 8.60. The van der Waals surface area contributed by atoms with Crippen LogP contribution in [0, 0.1) is 6.92 Å². The van der Waals surface area contributed by atoms with Gasteiger partial charge >= 0.3 is 0 Å². The number of anilines is 2. The second kappa shape index (κ2) is 7.23. The van der Waals surface area contributed by atoms with Crippen molar-refractivity contribution in [3.63, 3.8) is 0 Å². The zero-order chi connectivity index (χ0) is 17.9. The number of carbonyl (C=O) groups is 1. The fourth-order valence-electron chi connectivity index (χ4n) is 2.89. The van der Waals surface area contributed by atoms with Crippen LogP contribution < -0.4 is 10.2 Å². The molecule has 1 unspecified atom stereocenters. The van der Waals surface area contributed by atoms with Crippen LogP contribution in [0.25, 0.3) is 0 Å². The molecule has 2 heterocycles. The molecule has 132 valence electrons. The van der Waals surface area contributed by atoms with E-state index in [2.05, 4.69) is 29.0 Å². The topological polar surface area (TPSA) is 54.5 Å². The number of morpholine rings is 1. The number of amides is 1. The Hall–Kier alpha value is -2.40. The first-order valence-electron chi connectivity index (χ1n) is 8.72. The summed E-state index contributed by atoms with van der Waals surface area (Å²) in [4.78, 5) is 19.1. The number of aryl methyl sites for hydroxylation is 1. The molecule has 1 saturated heterocycles. The number of hydrogen-bond acceptors (Lipinski definition) is 4. The molecule has 0 bridgehead atoms. The number of ether oxygens (including phenoxy) is 1. The highest BCUT2D eigenvalue weighted by Gasteiger charge is 2.30. The summed E-state index contributed by atoms with van der Waals surface area (Å²) in [5.41, 5.74) is 2.36. The lowest BCUT2D eigenvalue weighted by molar-refractivity contribution is -0.0443. The Morgan fingerprint density at radius 3 is 2.68 bits per heavy atom. The highest BCUT2D eigenvalue weighted by Crippen LogP contribution is 2.24. The SMILES string of the molecule is CCC1(C)CN(c2ccc(C(=O)Nc3ccc(C)cc3)cn2)CCO1. The Kier molecular flexibility index (Phi) is 5.04. The van der Waals surface area contributed by atoms with Crippen molar-refractivity contribution in [1.29, 1.82) is 0 Å². The highest BCUT2D eigenvalue weighted by atomic mass is 16.5. The van der Waals surface area contributed by atoms with Gasteiger partial charge in [-0.1, -0.05) is 24.6 Å². The van der Waals surface area contributed by atoms with E-state index in [0.29, 0.717) is 12.2 Å². The number of carbonyl (C=O) groups excluding carboxylic acids is 1. The van der Waals surface area contributed by atoms with Crippen LogP contribution in [0.1, 0.15) is 36.2 Å². The summed E-state index contributed by atoms with van der Waals surface area (Å²) in [7, 11) is 0. The Balaban J connectivity index is 1.67. The molecule has 0 spiro atoms. The molecule has 1 atom stereocenters. The third-order valence-electron chi connectivity index (χ3n) is 4.73. The van der Waals surface area contributed by atoms with Gasteiger partial charge < -0.3 is 15.0 Å². The minimum Gasteiger partial charge on any atom is -0.372 e. The molecule has 1 aromatic carbocycles. The molecular weight excluding hydrogens is 314 g/mol. The number of hydrogen-bond donors (Lipinski definition) is 1. The predicted molar refractivity (Wildman–Crippen MR) is 100 cm³/mol. The van der Waals surface area contributed by atoms with E-state index in [1.807, 2.05) is 43.3 Å². The van der Waals surface area contributed by atoms with Crippen molar-refractivity contribution in [3.8, 4) is 0 Å². The monoisotopic (exact) mass is 339 g/mol. The smallest absolute Gasteiger partial charge is 0.257 e. The predicted octanol–water partition coefficient (Wildman–Crippen LogP) is 3.65. The first-order valence-corrected chi connectivity index (χ1v) is 8.72. The van der Waals surface area contributed by atoms with Gasteiger partial charge in [-0.3, -0.25) is 4.79 Å². The maximum atomic E-state index is 12.4. The number of nitrogens with zero attached hydrogens (tertiary/aromatic N) is 2. The van der Waals surface area contributed by atoms with Crippen molar-refractivity contribution in [1.82, 2.24) is 4.98 Å². The number of rotatable bonds is 4. The molecule has 1 fully saturated rings. The molecule has 0 saturated carbocycles. The number of nitrogens with one attached hydrogen (secondary N) is 1. The molecule has 1 N–H and O–H groups in total. The molecular formula is C20H25N3O2. The van der Waals surface area contributed by atoms with Gasteiger partial charge in [0.2, 0.25) is 0 Å². The van der Waals surface area contributed by atoms with E-state index in [1.54, 1.807) is 6.20 Å². The summed E-state index contributed by atoms with van der Waals surface area (Å²) < 4.78 is 5.87. The molecule has 1 aliphatic rings. The van der Waals surface area contributed by atoms with Gasteiger partial charge in [-0.2, -0.15) is 0 Å². The van der Waals surface area contributed by atoms with E-state index in [4.69, 9.17) is 4.74 Å². The van der Waals surface area contributed by atoms with Crippen LogP contribution >= 0.6 is 0 Å². The van der Waals surface area contributed by atoms with Gasteiger partial charge in [0.1, 0.15) is 5.82 Å².